The van der Waals surface area contributed by atoms with Crippen LogP contribution in [0.15, 0.2) is 0 Å². The number of carbonyl (C=O) groups is 1. The zero-order valence-electron chi connectivity index (χ0n) is 6.68. The predicted octanol–water partition coefficient (Wildman–Crippen LogP) is 1.86. The lowest BCUT2D eigenvalue weighted by atomic mass is 10.2. The molecule has 0 aromatic heterocycles. The Kier molecular flexibility index (Phi) is 3.21. The maximum absolute atomic E-state index is 10.6. The van der Waals surface area contributed by atoms with Crippen LogP contribution in [0, 0.1) is 0 Å². The molecule has 0 aliphatic carbocycles. The molecule has 5 heteroatoms. The summed E-state index contributed by atoms with van der Waals surface area (Å²) in [6.45, 7) is 1.82. The van der Waals surface area contributed by atoms with Crippen molar-refractivity contribution in [1.82, 2.24) is 0 Å². The van der Waals surface area contributed by atoms with Gasteiger partial charge in [0.15, 0.2) is 4.33 Å². The molecule has 0 unspecified atom stereocenters. The van der Waals surface area contributed by atoms with Crippen molar-refractivity contribution in [2.45, 2.75) is 30.4 Å². The van der Waals surface area contributed by atoms with E-state index in [1.54, 1.807) is 0 Å². The molecule has 0 radical (unpaired) electrons. The molecule has 70 valence electrons. The van der Waals surface area contributed by atoms with Gasteiger partial charge in [-0.3, -0.25) is 4.79 Å². The van der Waals surface area contributed by atoms with Crippen LogP contribution in [0.1, 0.15) is 19.8 Å². The Morgan fingerprint density at radius 1 is 1.67 bits per heavy atom. The van der Waals surface area contributed by atoms with E-state index in [9.17, 15) is 4.79 Å². The van der Waals surface area contributed by atoms with Crippen molar-refractivity contribution in [3.05, 3.63) is 0 Å². The largest absolute Gasteiger partial charge is 0.433 e. The minimum absolute atomic E-state index is 0.437. The van der Waals surface area contributed by atoms with Crippen molar-refractivity contribution < 1.29 is 14.3 Å². The molecule has 0 spiro atoms. The first-order chi connectivity index (χ1) is 5.52. The van der Waals surface area contributed by atoms with E-state index in [1.165, 1.54) is 6.92 Å². The molecule has 0 amide bonds. The SMILES string of the molecule is CC(=O)O[C@@H]1OCCCC1(Cl)Cl. The molecule has 3 nitrogen and oxygen atoms in total. The first-order valence-corrected chi connectivity index (χ1v) is 4.44. The fourth-order valence-electron chi connectivity index (χ4n) is 1.01. The molecule has 1 saturated heterocycles. The summed E-state index contributed by atoms with van der Waals surface area (Å²) in [5, 5.41) is 0. The highest BCUT2D eigenvalue weighted by Crippen LogP contribution is 2.36. The Bertz CT molecular complexity index is 181. The first kappa shape index (κ1) is 10.1. The molecule has 1 aliphatic heterocycles. The lowest BCUT2D eigenvalue weighted by Crippen LogP contribution is -2.41. The van der Waals surface area contributed by atoms with Crippen molar-refractivity contribution in [1.29, 1.82) is 0 Å². The van der Waals surface area contributed by atoms with E-state index in [0.717, 1.165) is 6.42 Å². The summed E-state index contributed by atoms with van der Waals surface area (Å²) in [6.07, 6.45) is 0.533. The van der Waals surface area contributed by atoms with Gasteiger partial charge >= 0.3 is 5.97 Å². The van der Waals surface area contributed by atoms with Gasteiger partial charge in [-0.1, -0.05) is 23.2 Å². The molecule has 0 bridgehead atoms. The van der Waals surface area contributed by atoms with Gasteiger partial charge in [-0.2, -0.15) is 0 Å². The third-order valence-electron chi connectivity index (χ3n) is 1.54. The van der Waals surface area contributed by atoms with E-state index in [1.807, 2.05) is 0 Å². The molecular weight excluding hydrogens is 203 g/mol. The van der Waals surface area contributed by atoms with Crippen molar-refractivity contribution in [2.24, 2.45) is 0 Å². The summed E-state index contributed by atoms with van der Waals surface area (Å²) in [5.74, 6) is -0.437. The highest BCUT2D eigenvalue weighted by molar-refractivity contribution is 6.48. The number of rotatable bonds is 1. The molecule has 0 saturated carbocycles. The number of carbonyl (C=O) groups excluding carboxylic acids is 1. The smallest absolute Gasteiger partial charge is 0.305 e. The summed E-state index contributed by atoms with van der Waals surface area (Å²) >= 11 is 11.7. The molecule has 1 heterocycles. The van der Waals surface area contributed by atoms with Gasteiger partial charge in [0.2, 0.25) is 6.29 Å². The monoisotopic (exact) mass is 212 g/mol. The van der Waals surface area contributed by atoms with Crippen LogP contribution in [-0.4, -0.2) is 23.2 Å². The lowest BCUT2D eigenvalue weighted by Gasteiger charge is -2.32. The number of hydrogen-bond donors (Lipinski definition) is 0. The van der Waals surface area contributed by atoms with Crippen molar-refractivity contribution in [3.63, 3.8) is 0 Å². The van der Waals surface area contributed by atoms with Gasteiger partial charge in [0.25, 0.3) is 0 Å². The number of ether oxygens (including phenoxy) is 2. The molecule has 1 fully saturated rings. The summed E-state index contributed by atoms with van der Waals surface area (Å²) < 4.78 is 8.79. The highest BCUT2D eigenvalue weighted by Gasteiger charge is 2.40. The van der Waals surface area contributed by atoms with Crippen LogP contribution in [-0.2, 0) is 14.3 Å². The van der Waals surface area contributed by atoms with Gasteiger partial charge in [0.1, 0.15) is 0 Å². The van der Waals surface area contributed by atoms with E-state index in [0.29, 0.717) is 13.0 Å². The average molecular weight is 213 g/mol. The Balaban J connectivity index is 2.54. The van der Waals surface area contributed by atoms with Crippen LogP contribution in [0.4, 0.5) is 0 Å². The molecule has 1 aliphatic rings. The van der Waals surface area contributed by atoms with Crippen LogP contribution >= 0.6 is 23.2 Å². The summed E-state index contributed by atoms with van der Waals surface area (Å²) in [6, 6.07) is 0. The molecule has 0 N–H and O–H groups in total. The molecule has 0 aromatic carbocycles. The fraction of sp³-hybridized carbons (Fsp3) is 0.857. The second-order valence-corrected chi connectivity index (χ2v) is 4.22. The number of halogens is 2. The van der Waals surface area contributed by atoms with Gasteiger partial charge in [-0.05, 0) is 12.8 Å². The quantitative estimate of drug-likeness (QED) is 0.492. The maximum Gasteiger partial charge on any atom is 0.305 e. The Labute approximate surface area is 80.9 Å². The average Bonchev–Trinajstić information content (AvgIpc) is 1.92. The van der Waals surface area contributed by atoms with Crippen LogP contribution in [0.5, 0.6) is 0 Å². The normalized spacial score (nSPS) is 28.1. The van der Waals surface area contributed by atoms with Gasteiger partial charge in [0, 0.05) is 6.92 Å². The molecule has 0 aromatic rings. The van der Waals surface area contributed by atoms with E-state index in [4.69, 9.17) is 32.7 Å². The van der Waals surface area contributed by atoms with Crippen LogP contribution in [0.25, 0.3) is 0 Å². The zero-order chi connectivity index (χ0) is 9.19. The van der Waals surface area contributed by atoms with E-state index in [-0.39, 0.29) is 0 Å². The van der Waals surface area contributed by atoms with E-state index >= 15 is 0 Å². The molecular formula is C7H10Cl2O3. The number of alkyl halides is 2. The van der Waals surface area contributed by atoms with Crippen LogP contribution < -0.4 is 0 Å². The first-order valence-electron chi connectivity index (χ1n) is 3.69. The van der Waals surface area contributed by atoms with E-state index < -0.39 is 16.6 Å². The summed E-state index contributed by atoms with van der Waals surface area (Å²) in [4.78, 5) is 10.6. The third-order valence-corrected chi connectivity index (χ3v) is 2.28. The predicted molar refractivity (Wildman–Crippen MR) is 45.2 cm³/mol. The third kappa shape index (κ3) is 2.51. The van der Waals surface area contributed by atoms with Gasteiger partial charge in [-0.25, -0.2) is 0 Å². The highest BCUT2D eigenvalue weighted by atomic mass is 35.5. The maximum atomic E-state index is 10.6. The van der Waals surface area contributed by atoms with Gasteiger partial charge < -0.3 is 9.47 Å². The summed E-state index contributed by atoms with van der Waals surface area (Å²) in [7, 11) is 0. The second kappa shape index (κ2) is 3.81. The zero-order valence-corrected chi connectivity index (χ0v) is 8.19. The summed E-state index contributed by atoms with van der Waals surface area (Å²) in [5.41, 5.74) is 0. The Hall–Kier alpha value is 0.01000. The Morgan fingerprint density at radius 3 is 2.83 bits per heavy atom. The standard InChI is InChI=1S/C7H10Cl2O3/c1-5(10)12-6-7(8,9)3-2-4-11-6/h6H,2-4H2,1H3/t6-/m0/s1. The molecule has 1 rings (SSSR count). The lowest BCUT2D eigenvalue weighted by molar-refractivity contribution is -0.186. The van der Waals surface area contributed by atoms with Crippen LogP contribution in [0.3, 0.4) is 0 Å². The minimum Gasteiger partial charge on any atom is -0.433 e. The number of hydrogen-bond acceptors (Lipinski definition) is 3. The minimum atomic E-state index is -1.09. The fourth-order valence-corrected chi connectivity index (χ4v) is 1.49. The van der Waals surface area contributed by atoms with Crippen LogP contribution in [0.2, 0.25) is 0 Å². The van der Waals surface area contributed by atoms with Gasteiger partial charge in [0.05, 0.1) is 6.61 Å². The number of esters is 1. The van der Waals surface area contributed by atoms with Crippen molar-refractivity contribution in [2.75, 3.05) is 6.61 Å². The topological polar surface area (TPSA) is 35.5 Å². The van der Waals surface area contributed by atoms with E-state index in [2.05, 4.69) is 0 Å². The van der Waals surface area contributed by atoms with Crippen molar-refractivity contribution >= 4 is 29.2 Å². The van der Waals surface area contributed by atoms with Gasteiger partial charge in [-0.15, -0.1) is 0 Å². The molecule has 1 atom stereocenters. The second-order valence-electron chi connectivity index (χ2n) is 2.68. The molecule has 12 heavy (non-hydrogen) atoms. The Morgan fingerprint density at radius 2 is 2.33 bits per heavy atom. The van der Waals surface area contributed by atoms with Crippen molar-refractivity contribution in [3.8, 4) is 0 Å².